The van der Waals surface area contributed by atoms with Crippen LogP contribution in [-0.4, -0.2) is 17.6 Å². The number of nitrogens with zero attached hydrogens (tertiary/aromatic N) is 1. The summed E-state index contributed by atoms with van der Waals surface area (Å²) in [6, 6.07) is 35.2. The van der Waals surface area contributed by atoms with Crippen molar-refractivity contribution in [2.75, 3.05) is 11.4 Å². The molecule has 3 nitrogen and oxygen atoms in total. The summed E-state index contributed by atoms with van der Waals surface area (Å²) in [5.41, 5.74) is 1.81. The third kappa shape index (κ3) is 9.83. The van der Waals surface area contributed by atoms with E-state index in [2.05, 4.69) is 0 Å². The zero-order valence-corrected chi connectivity index (χ0v) is 16.8. The summed E-state index contributed by atoms with van der Waals surface area (Å²) < 4.78 is 0. The predicted molar refractivity (Wildman–Crippen MR) is 103 cm³/mol. The standard InChI is InChI=1S/C12H11NO2.2C5H5.2Fe/c14-12(15)9-13(10-5-1-2-6-10)11-7-3-4-8-11;2*1-2-4-5-3-1;;/h1-8H,9H2,(H,14,15);2*1-5H;;/q-2;-5;-1;;. The molecule has 0 saturated carbocycles. The van der Waals surface area contributed by atoms with Crippen LogP contribution >= 0.6 is 0 Å². The van der Waals surface area contributed by atoms with Crippen LogP contribution in [0.2, 0.25) is 0 Å². The van der Waals surface area contributed by atoms with Crippen molar-refractivity contribution in [3.8, 4) is 0 Å². The van der Waals surface area contributed by atoms with Gasteiger partial charge in [-0.3, -0.25) is 16.9 Å². The second-order valence-electron chi connectivity index (χ2n) is 5.19. The van der Waals surface area contributed by atoms with Gasteiger partial charge in [0.15, 0.2) is 0 Å². The van der Waals surface area contributed by atoms with Gasteiger partial charge in [-0.1, -0.05) is 12.1 Å². The van der Waals surface area contributed by atoms with E-state index in [1.807, 2.05) is 109 Å². The van der Waals surface area contributed by atoms with Crippen LogP contribution in [0.5, 0.6) is 0 Å². The molecule has 0 fully saturated rings. The van der Waals surface area contributed by atoms with Gasteiger partial charge in [0.25, 0.3) is 0 Å². The molecule has 0 amide bonds. The third-order valence-electron chi connectivity index (χ3n) is 3.32. The predicted octanol–water partition coefficient (Wildman–Crippen LogP) is 5.15. The van der Waals surface area contributed by atoms with Gasteiger partial charge in [-0.2, -0.15) is 18.2 Å². The van der Waals surface area contributed by atoms with Gasteiger partial charge in [0.05, 0.1) is 6.54 Å². The Bertz CT molecular complexity index is 664. The van der Waals surface area contributed by atoms with Gasteiger partial charge >= 0.3 is 5.97 Å². The maximum absolute atomic E-state index is 10.8. The monoisotopic (exact) mass is 443 g/mol. The fourth-order valence-corrected chi connectivity index (χ4v) is 2.20. The van der Waals surface area contributed by atoms with Gasteiger partial charge in [-0.25, -0.2) is 24.3 Å². The fourth-order valence-electron chi connectivity index (χ4n) is 2.20. The first kappa shape index (κ1) is 24.7. The van der Waals surface area contributed by atoms with Crippen molar-refractivity contribution >= 4 is 17.3 Å². The van der Waals surface area contributed by atoms with Crippen LogP contribution in [0, 0.1) is 0 Å². The van der Waals surface area contributed by atoms with E-state index < -0.39 is 5.97 Å². The van der Waals surface area contributed by atoms with Crippen molar-refractivity contribution in [2.45, 2.75) is 0 Å². The number of anilines is 2. The minimum absolute atomic E-state index is 0. The first-order valence-corrected chi connectivity index (χ1v) is 8.03. The number of hydrogen-bond donors (Lipinski definition) is 1. The Labute approximate surface area is 181 Å². The summed E-state index contributed by atoms with van der Waals surface area (Å²) in [6.07, 6.45) is 0. The van der Waals surface area contributed by atoms with Crippen molar-refractivity contribution < 1.29 is 44.0 Å². The molecule has 0 radical (unpaired) electrons. The summed E-state index contributed by atoms with van der Waals surface area (Å²) in [6.45, 7) is -0.0198. The van der Waals surface area contributed by atoms with E-state index in [0.717, 1.165) is 11.4 Å². The molecule has 0 bridgehead atoms. The van der Waals surface area contributed by atoms with Crippen LogP contribution in [0.15, 0.2) is 109 Å². The zero-order chi connectivity index (χ0) is 17.7. The molecular formula is C22H21Fe2NO2-8. The summed E-state index contributed by atoms with van der Waals surface area (Å²) >= 11 is 0. The Kier molecular flexibility index (Phi) is 13.6. The van der Waals surface area contributed by atoms with Crippen LogP contribution in [0.25, 0.3) is 0 Å². The number of carboxylic acid groups (broad SMARTS) is 1. The van der Waals surface area contributed by atoms with Crippen LogP contribution in [0.1, 0.15) is 0 Å². The van der Waals surface area contributed by atoms with Gasteiger partial charge < -0.3 is 40.3 Å². The van der Waals surface area contributed by atoms with Crippen molar-refractivity contribution in [2.24, 2.45) is 0 Å². The molecular weight excluding hydrogens is 422 g/mol. The average molecular weight is 443 g/mol. The zero-order valence-electron chi connectivity index (χ0n) is 14.6. The molecule has 0 unspecified atom stereocenters. The molecule has 0 atom stereocenters. The molecule has 0 saturated heterocycles. The van der Waals surface area contributed by atoms with Gasteiger partial charge in [0, 0.05) is 34.1 Å². The van der Waals surface area contributed by atoms with Crippen molar-refractivity contribution in [1.29, 1.82) is 0 Å². The maximum Gasteiger partial charge on any atom is 0.320 e. The summed E-state index contributed by atoms with van der Waals surface area (Å²) in [4.78, 5) is 12.5. The molecule has 5 heteroatoms. The van der Waals surface area contributed by atoms with Gasteiger partial charge in [0.1, 0.15) is 0 Å². The Morgan fingerprint density at radius 2 is 1.11 bits per heavy atom. The molecule has 0 spiro atoms. The Hall–Kier alpha value is -2.29. The molecule has 0 aliphatic heterocycles. The minimum Gasteiger partial charge on any atom is -0.748 e. The van der Waals surface area contributed by atoms with E-state index in [1.54, 1.807) is 4.90 Å². The molecule has 4 aromatic rings. The first-order valence-electron chi connectivity index (χ1n) is 8.03. The maximum atomic E-state index is 10.8. The third-order valence-corrected chi connectivity index (χ3v) is 3.32. The average Bonchev–Trinajstić information content (AvgIpc) is 3.45. The van der Waals surface area contributed by atoms with E-state index in [0.29, 0.717) is 0 Å². The molecule has 0 heterocycles. The molecule has 4 aromatic carbocycles. The van der Waals surface area contributed by atoms with E-state index in [4.69, 9.17) is 5.11 Å². The smallest absolute Gasteiger partial charge is 0.320 e. The fraction of sp³-hybridized carbons (Fsp3) is 0.0455. The Balaban J connectivity index is 0.000000465. The van der Waals surface area contributed by atoms with Gasteiger partial charge in [-0.15, -0.1) is 23.5 Å². The number of aliphatic carboxylic acids is 1. The number of hydrogen-bond acceptors (Lipinski definition) is 2. The molecule has 0 aliphatic carbocycles. The number of carbonyl (C=O) groups is 1. The van der Waals surface area contributed by atoms with Crippen molar-refractivity contribution in [3.63, 3.8) is 0 Å². The molecule has 4 rings (SSSR count). The second kappa shape index (κ2) is 14.8. The quantitative estimate of drug-likeness (QED) is 0.351. The summed E-state index contributed by atoms with van der Waals surface area (Å²) in [7, 11) is 0. The van der Waals surface area contributed by atoms with Crippen molar-refractivity contribution in [3.05, 3.63) is 109 Å². The Morgan fingerprint density at radius 3 is 1.37 bits per heavy atom. The largest absolute Gasteiger partial charge is 0.748 e. The van der Waals surface area contributed by atoms with Crippen molar-refractivity contribution in [1.82, 2.24) is 0 Å². The molecule has 0 aliphatic rings. The van der Waals surface area contributed by atoms with E-state index >= 15 is 0 Å². The second-order valence-corrected chi connectivity index (χ2v) is 5.19. The van der Waals surface area contributed by atoms with Gasteiger partial charge in [0.2, 0.25) is 0 Å². The van der Waals surface area contributed by atoms with E-state index in [-0.39, 0.29) is 40.7 Å². The summed E-state index contributed by atoms with van der Waals surface area (Å²) in [5, 5.41) is 8.84. The van der Waals surface area contributed by atoms with Gasteiger partial charge in [-0.05, 0) is 0 Å². The number of rotatable bonds is 4. The van der Waals surface area contributed by atoms with E-state index in [9.17, 15) is 4.79 Å². The Morgan fingerprint density at radius 1 is 0.741 bits per heavy atom. The molecule has 0 aromatic heterocycles. The molecule has 1 N–H and O–H groups in total. The molecule has 150 valence electrons. The molecule has 27 heavy (non-hydrogen) atoms. The summed E-state index contributed by atoms with van der Waals surface area (Å²) in [5.74, 6) is -0.836. The van der Waals surface area contributed by atoms with E-state index in [1.165, 1.54) is 0 Å². The number of carboxylic acids is 1. The normalized spacial score (nSPS) is 8.59. The van der Waals surface area contributed by atoms with Crippen LogP contribution in [-0.2, 0) is 38.9 Å². The van der Waals surface area contributed by atoms with Crippen LogP contribution < -0.4 is 4.90 Å². The van der Waals surface area contributed by atoms with Crippen LogP contribution in [0.3, 0.4) is 0 Å². The topological polar surface area (TPSA) is 40.5 Å². The van der Waals surface area contributed by atoms with Crippen LogP contribution in [0.4, 0.5) is 11.4 Å². The first-order chi connectivity index (χ1) is 12.3. The minimum atomic E-state index is -0.836. The SMILES string of the molecule is O=C(O)CN([c-]1cccc1)[c-]1cccc1.[Fe].[Fe].[cH-]1[cH-][cH-][cH-][cH-]1.c1cc[cH-]c1.